The number of anilines is 2. The van der Waals surface area contributed by atoms with Gasteiger partial charge in [-0.05, 0) is 49.1 Å². The van der Waals surface area contributed by atoms with Crippen molar-refractivity contribution in [3.8, 4) is 11.3 Å². The Kier molecular flexibility index (Phi) is 8.20. The number of sulfonamides is 1. The fourth-order valence-corrected chi connectivity index (χ4v) is 5.75. The summed E-state index contributed by atoms with van der Waals surface area (Å²) >= 11 is 0. The molecule has 1 fully saturated rings. The maximum Gasteiger partial charge on any atom is 0.418 e. The molecule has 1 aromatic carbocycles. The molecule has 2 aromatic heterocycles. The first-order valence-electron chi connectivity index (χ1n) is 12.6. The molecule has 210 valence electrons. The first-order chi connectivity index (χ1) is 18.3. The smallest absolute Gasteiger partial charge is 0.368 e. The van der Waals surface area contributed by atoms with Gasteiger partial charge in [0.05, 0.1) is 11.3 Å². The predicted octanol–water partition coefficient (Wildman–Crippen LogP) is 4.83. The fraction of sp³-hybridized carbons (Fsp3) is 0.407. The third kappa shape index (κ3) is 6.34. The molecule has 0 aliphatic carbocycles. The largest absolute Gasteiger partial charge is 0.418 e. The van der Waals surface area contributed by atoms with Gasteiger partial charge < -0.3 is 15.1 Å². The molecule has 4 rings (SSSR count). The second-order valence-electron chi connectivity index (χ2n) is 9.99. The van der Waals surface area contributed by atoms with Crippen molar-refractivity contribution in [1.82, 2.24) is 9.97 Å². The number of nitrogens with zero attached hydrogens (tertiary/aromatic N) is 3. The molecule has 39 heavy (non-hydrogen) atoms. The van der Waals surface area contributed by atoms with Crippen molar-refractivity contribution in [2.24, 2.45) is 5.41 Å². The third-order valence-corrected chi connectivity index (χ3v) is 8.15. The number of pyridine rings is 2. The Hall–Kier alpha value is -3.22. The summed E-state index contributed by atoms with van der Waals surface area (Å²) in [6.07, 6.45) is -3.76. The van der Waals surface area contributed by atoms with Gasteiger partial charge in [0.15, 0.2) is 11.3 Å². The quantitative estimate of drug-likeness (QED) is 0.336. The Balaban J connectivity index is 1.68. The summed E-state index contributed by atoms with van der Waals surface area (Å²) in [6, 6.07) is 12.8. The molecule has 0 amide bonds. The number of aliphatic hydroxyl groups excluding tert-OH is 1. The minimum Gasteiger partial charge on any atom is -0.368 e. The van der Waals surface area contributed by atoms with Crippen molar-refractivity contribution in [3.05, 3.63) is 65.7 Å². The zero-order valence-electron chi connectivity index (χ0n) is 21.6. The van der Waals surface area contributed by atoms with Gasteiger partial charge in [-0.25, -0.2) is 9.97 Å². The van der Waals surface area contributed by atoms with E-state index >= 15 is 0 Å². The highest BCUT2D eigenvalue weighted by molar-refractivity contribution is 7.92. The molecule has 3 aromatic rings. The number of aromatic nitrogens is 2. The topological polar surface area (TPSA) is 116 Å². The summed E-state index contributed by atoms with van der Waals surface area (Å²) in [6.45, 7) is 4.46. The first kappa shape index (κ1) is 28.8. The molecular weight excluding hydrogens is 533 g/mol. The molecule has 0 spiro atoms. The molecule has 1 unspecified atom stereocenters. The Morgan fingerprint density at radius 3 is 2.51 bits per heavy atom. The van der Waals surface area contributed by atoms with Crippen LogP contribution in [0.25, 0.3) is 11.3 Å². The first-order valence-corrected chi connectivity index (χ1v) is 14.1. The van der Waals surface area contributed by atoms with Crippen molar-refractivity contribution in [1.29, 1.82) is 0 Å². The lowest BCUT2D eigenvalue weighted by atomic mass is 9.81. The van der Waals surface area contributed by atoms with Crippen LogP contribution in [-0.4, -0.2) is 48.0 Å². The Morgan fingerprint density at radius 1 is 1.08 bits per heavy atom. The van der Waals surface area contributed by atoms with Crippen LogP contribution in [0.15, 0.2) is 59.6 Å². The van der Waals surface area contributed by atoms with Gasteiger partial charge in [0.2, 0.25) is 0 Å². The number of benzene rings is 1. The summed E-state index contributed by atoms with van der Waals surface area (Å²) in [5, 5.41) is 19.3. The summed E-state index contributed by atoms with van der Waals surface area (Å²) < 4.78 is 70.4. The Labute approximate surface area is 225 Å². The lowest BCUT2D eigenvalue weighted by Gasteiger charge is -2.42. The van der Waals surface area contributed by atoms with Gasteiger partial charge in [-0.15, -0.1) is 0 Å². The van der Waals surface area contributed by atoms with Crippen molar-refractivity contribution in [2.45, 2.75) is 57.0 Å². The van der Waals surface area contributed by atoms with Gasteiger partial charge in [-0.2, -0.15) is 21.6 Å². The molecule has 3 heterocycles. The average molecular weight is 565 g/mol. The Morgan fingerprint density at radius 2 is 1.82 bits per heavy atom. The number of aryl methyl sites for hydroxylation is 1. The number of aliphatic hydroxyl groups is 2. The minimum absolute atomic E-state index is 0.260. The molecule has 1 atom stereocenters. The monoisotopic (exact) mass is 564 g/mol. The van der Waals surface area contributed by atoms with E-state index in [1.807, 2.05) is 6.92 Å². The predicted molar refractivity (Wildman–Crippen MR) is 141 cm³/mol. The fourth-order valence-electron chi connectivity index (χ4n) is 4.78. The number of hydrogen-bond donors (Lipinski definition) is 3. The molecule has 0 radical (unpaired) electrons. The number of nitrogens with one attached hydrogen (secondary N) is 1. The van der Waals surface area contributed by atoms with Crippen LogP contribution in [0.5, 0.6) is 0 Å². The molecule has 3 N–H and O–H groups in total. The minimum atomic E-state index is -4.69. The number of halogens is 3. The average Bonchev–Trinajstić information content (AvgIpc) is 2.88. The van der Waals surface area contributed by atoms with E-state index in [9.17, 15) is 31.8 Å². The summed E-state index contributed by atoms with van der Waals surface area (Å²) in [7, 11) is -4.32. The van der Waals surface area contributed by atoms with Gasteiger partial charge in [0, 0.05) is 24.1 Å². The van der Waals surface area contributed by atoms with Crippen LogP contribution in [0, 0.1) is 5.41 Å². The van der Waals surface area contributed by atoms with Gasteiger partial charge >= 0.3 is 6.18 Å². The Bertz CT molecular complexity index is 1430. The normalized spacial score (nSPS) is 18.4. The molecule has 0 saturated carbocycles. The van der Waals surface area contributed by atoms with Gasteiger partial charge in [-0.3, -0.25) is 4.72 Å². The number of rotatable bonds is 8. The van der Waals surface area contributed by atoms with Crippen LogP contribution >= 0.6 is 0 Å². The highest BCUT2D eigenvalue weighted by Gasteiger charge is 2.38. The molecule has 1 saturated heterocycles. The third-order valence-electron chi connectivity index (χ3n) is 6.89. The second-order valence-corrected chi connectivity index (χ2v) is 11.6. The molecule has 1 aliphatic heterocycles. The summed E-state index contributed by atoms with van der Waals surface area (Å²) in [5.41, 5.74) is -1.17. The van der Waals surface area contributed by atoms with Crippen molar-refractivity contribution < 1.29 is 31.8 Å². The van der Waals surface area contributed by atoms with E-state index < -0.39 is 33.5 Å². The van der Waals surface area contributed by atoms with E-state index in [0.29, 0.717) is 43.6 Å². The van der Waals surface area contributed by atoms with E-state index in [-0.39, 0.29) is 28.6 Å². The van der Waals surface area contributed by atoms with E-state index in [2.05, 4.69) is 14.7 Å². The van der Waals surface area contributed by atoms with E-state index in [4.69, 9.17) is 0 Å². The van der Waals surface area contributed by atoms with Crippen LogP contribution in [-0.2, 0) is 22.6 Å². The lowest BCUT2D eigenvalue weighted by Crippen LogP contribution is -2.48. The van der Waals surface area contributed by atoms with Crippen LogP contribution in [0.4, 0.5) is 24.8 Å². The van der Waals surface area contributed by atoms with Crippen molar-refractivity contribution in [2.75, 3.05) is 22.7 Å². The van der Waals surface area contributed by atoms with Crippen LogP contribution in [0.3, 0.4) is 0 Å². The highest BCUT2D eigenvalue weighted by atomic mass is 32.2. The number of alkyl halides is 3. The van der Waals surface area contributed by atoms with E-state index in [1.165, 1.54) is 12.1 Å². The number of piperidine rings is 1. The van der Waals surface area contributed by atoms with Gasteiger partial charge in [0.1, 0.15) is 11.6 Å². The summed E-state index contributed by atoms with van der Waals surface area (Å²) in [4.78, 5) is 10.2. The zero-order chi connectivity index (χ0) is 28.4. The van der Waals surface area contributed by atoms with E-state index in [0.717, 1.165) is 12.1 Å². The van der Waals surface area contributed by atoms with Crippen LogP contribution in [0.2, 0.25) is 0 Å². The van der Waals surface area contributed by atoms with Crippen molar-refractivity contribution >= 4 is 21.7 Å². The zero-order valence-corrected chi connectivity index (χ0v) is 22.4. The van der Waals surface area contributed by atoms with E-state index in [1.54, 1.807) is 42.2 Å². The summed E-state index contributed by atoms with van der Waals surface area (Å²) in [5.74, 6) is 0.0597. The van der Waals surface area contributed by atoms with Crippen LogP contribution < -0.4 is 9.62 Å². The van der Waals surface area contributed by atoms with Crippen molar-refractivity contribution in [3.63, 3.8) is 0 Å². The number of hydrogen-bond acceptors (Lipinski definition) is 7. The van der Waals surface area contributed by atoms with Gasteiger partial charge in [0.25, 0.3) is 10.0 Å². The highest BCUT2D eigenvalue weighted by Crippen LogP contribution is 2.38. The molecule has 12 heteroatoms. The molecular formula is C27H31F3N4O4S. The maximum absolute atomic E-state index is 13.9. The van der Waals surface area contributed by atoms with Crippen LogP contribution in [0.1, 0.15) is 44.2 Å². The lowest BCUT2D eigenvalue weighted by molar-refractivity contribution is -0.137. The standard InChI is InChI=1S/C27H31F3N4O4S/c1-3-8-18-9-4-5-10-19(18)24-20(27(28,29)30)13-14-21(31-24)33-39(37,38)23-12-6-11-22(32-23)34-16-7-15-26(2,17-34)25(35)36/h4-6,9-14,25,35-36H,3,7-8,15-17H2,1-2H3,(H,31,33). The molecule has 8 nitrogen and oxygen atoms in total. The molecule has 0 bridgehead atoms. The maximum atomic E-state index is 13.9. The SMILES string of the molecule is CCCc1ccccc1-c1nc(NS(=O)(=O)c2cccc(N3CCCC(C)(C(O)O)C3)n2)ccc1C(F)(F)F. The van der Waals surface area contributed by atoms with Gasteiger partial charge in [-0.1, -0.05) is 50.6 Å². The second kappa shape index (κ2) is 11.1. The molecule has 1 aliphatic rings.